The summed E-state index contributed by atoms with van der Waals surface area (Å²) < 4.78 is 5.00. The van der Waals surface area contributed by atoms with E-state index in [0.29, 0.717) is 18.8 Å². The second-order valence-electron chi connectivity index (χ2n) is 4.33. The Kier molecular flexibility index (Phi) is 10.4. The number of carbonyl (C=O) groups excluding carboxylic acids is 1. The first-order chi connectivity index (χ1) is 8.51. The summed E-state index contributed by atoms with van der Waals surface area (Å²) in [6.45, 7) is 5.91. The van der Waals surface area contributed by atoms with E-state index in [1.165, 1.54) is 11.8 Å². The molecule has 0 aromatic carbocycles. The van der Waals surface area contributed by atoms with Crippen LogP contribution in [0.15, 0.2) is 0 Å². The summed E-state index contributed by atoms with van der Waals surface area (Å²) in [6.07, 6.45) is -0.0334. The van der Waals surface area contributed by atoms with Crippen LogP contribution < -0.4 is 5.32 Å². The molecule has 6 heteroatoms. The van der Waals surface area contributed by atoms with Crippen molar-refractivity contribution < 1.29 is 19.7 Å². The van der Waals surface area contributed by atoms with Gasteiger partial charge in [0.1, 0.15) is 6.04 Å². The zero-order valence-electron chi connectivity index (χ0n) is 11.4. The minimum absolute atomic E-state index is 0.215. The molecule has 2 atom stereocenters. The fraction of sp³-hybridized carbons (Fsp3) is 0.917. The number of esters is 1. The number of aliphatic hydroxyl groups excluding tert-OH is 2. The first kappa shape index (κ1) is 17.7. The fourth-order valence-corrected chi connectivity index (χ4v) is 2.33. The van der Waals surface area contributed by atoms with Gasteiger partial charge in [-0.1, -0.05) is 13.8 Å². The van der Waals surface area contributed by atoms with Crippen LogP contribution in [0.2, 0.25) is 0 Å². The van der Waals surface area contributed by atoms with E-state index in [4.69, 9.17) is 9.84 Å². The van der Waals surface area contributed by atoms with Crippen LogP contribution in [-0.4, -0.2) is 59.1 Å². The summed E-state index contributed by atoms with van der Waals surface area (Å²) in [5.41, 5.74) is 0. The van der Waals surface area contributed by atoms with Gasteiger partial charge in [0, 0.05) is 11.8 Å². The summed E-state index contributed by atoms with van der Waals surface area (Å²) in [6, 6.07) is -0.0869. The van der Waals surface area contributed by atoms with Gasteiger partial charge >= 0.3 is 5.97 Å². The van der Waals surface area contributed by atoms with E-state index in [9.17, 15) is 9.90 Å². The Morgan fingerprint density at radius 3 is 2.61 bits per heavy atom. The number of carbonyl (C=O) groups is 1. The molecule has 0 spiro atoms. The zero-order valence-corrected chi connectivity index (χ0v) is 12.2. The maximum atomic E-state index is 11.7. The molecule has 0 rings (SSSR count). The average Bonchev–Trinajstić information content (AvgIpc) is 2.32. The predicted octanol–water partition coefficient (Wildman–Crippen LogP) is 0.393. The van der Waals surface area contributed by atoms with Gasteiger partial charge < -0.3 is 20.3 Å². The number of rotatable bonds is 10. The molecule has 2 unspecified atom stereocenters. The normalized spacial score (nSPS) is 14.6. The molecule has 0 saturated carbocycles. The average molecular weight is 279 g/mol. The van der Waals surface area contributed by atoms with Crippen molar-refractivity contribution in [3.8, 4) is 0 Å². The smallest absolute Gasteiger partial charge is 0.323 e. The lowest BCUT2D eigenvalue weighted by Gasteiger charge is -2.19. The molecule has 0 saturated heterocycles. The van der Waals surface area contributed by atoms with E-state index in [1.807, 2.05) is 13.8 Å². The molecule has 0 aromatic heterocycles. The molecule has 0 radical (unpaired) electrons. The molecule has 0 fully saturated rings. The number of hydrogen-bond donors (Lipinski definition) is 3. The number of nitrogens with one attached hydrogen (secondary N) is 1. The van der Waals surface area contributed by atoms with Gasteiger partial charge in [0.2, 0.25) is 0 Å². The van der Waals surface area contributed by atoms with Crippen molar-refractivity contribution in [1.29, 1.82) is 0 Å². The fourth-order valence-electron chi connectivity index (χ4n) is 1.39. The first-order valence-electron chi connectivity index (χ1n) is 6.30. The topological polar surface area (TPSA) is 78.8 Å². The van der Waals surface area contributed by atoms with Crippen molar-refractivity contribution in [2.75, 3.05) is 24.7 Å². The number of thioether (sulfide) groups is 1. The van der Waals surface area contributed by atoms with E-state index in [0.717, 1.165) is 5.75 Å². The van der Waals surface area contributed by atoms with Crippen LogP contribution >= 0.6 is 11.8 Å². The van der Waals surface area contributed by atoms with Gasteiger partial charge in [0.05, 0.1) is 19.3 Å². The van der Waals surface area contributed by atoms with Gasteiger partial charge in [0.15, 0.2) is 0 Å². The van der Waals surface area contributed by atoms with E-state index in [2.05, 4.69) is 5.32 Å². The van der Waals surface area contributed by atoms with Crippen molar-refractivity contribution in [2.45, 2.75) is 45.4 Å². The van der Waals surface area contributed by atoms with E-state index >= 15 is 0 Å². The highest BCUT2D eigenvalue weighted by Crippen LogP contribution is 2.08. The first-order valence-corrected chi connectivity index (χ1v) is 7.46. The summed E-state index contributed by atoms with van der Waals surface area (Å²) in [5, 5.41) is 21.0. The zero-order chi connectivity index (χ0) is 14.0. The van der Waals surface area contributed by atoms with Crippen LogP contribution in [-0.2, 0) is 9.53 Å². The molecule has 0 aliphatic carbocycles. The summed E-state index contributed by atoms with van der Waals surface area (Å²) in [7, 11) is 0. The Morgan fingerprint density at radius 1 is 1.44 bits per heavy atom. The molecule has 3 N–H and O–H groups in total. The standard InChI is InChI=1S/C12H25NO4S/c1-4-17-12(16)11(13-9(2)3)5-6-18-8-10(15)7-14/h9-11,13-15H,4-8H2,1-3H3. The van der Waals surface area contributed by atoms with Gasteiger partial charge in [-0.2, -0.15) is 11.8 Å². The minimum Gasteiger partial charge on any atom is -0.465 e. The summed E-state index contributed by atoms with van der Waals surface area (Å²) in [4.78, 5) is 11.7. The van der Waals surface area contributed by atoms with Crippen molar-refractivity contribution >= 4 is 17.7 Å². The van der Waals surface area contributed by atoms with Crippen LogP contribution in [0.3, 0.4) is 0 Å². The Bertz CT molecular complexity index is 226. The van der Waals surface area contributed by atoms with Gasteiger partial charge in [-0.05, 0) is 19.1 Å². The third-order valence-corrected chi connectivity index (χ3v) is 3.32. The van der Waals surface area contributed by atoms with E-state index < -0.39 is 6.10 Å². The lowest BCUT2D eigenvalue weighted by atomic mass is 10.2. The molecule has 0 heterocycles. The molecule has 0 aromatic rings. The highest BCUT2D eigenvalue weighted by atomic mass is 32.2. The maximum Gasteiger partial charge on any atom is 0.323 e. The molecule has 18 heavy (non-hydrogen) atoms. The number of aliphatic hydroxyl groups is 2. The highest BCUT2D eigenvalue weighted by Gasteiger charge is 2.19. The SMILES string of the molecule is CCOC(=O)C(CCSCC(O)CO)NC(C)C. The second kappa shape index (κ2) is 10.6. The van der Waals surface area contributed by atoms with Crippen LogP contribution in [0.4, 0.5) is 0 Å². The van der Waals surface area contributed by atoms with Crippen LogP contribution in [0, 0.1) is 0 Å². The Balaban J connectivity index is 3.97. The molecule has 5 nitrogen and oxygen atoms in total. The predicted molar refractivity (Wildman–Crippen MR) is 73.7 cm³/mol. The maximum absolute atomic E-state index is 11.7. The molecule has 0 aliphatic heterocycles. The third kappa shape index (κ3) is 8.74. The quantitative estimate of drug-likeness (QED) is 0.397. The Hall–Kier alpha value is -0.300. The van der Waals surface area contributed by atoms with Crippen LogP contribution in [0.5, 0.6) is 0 Å². The van der Waals surface area contributed by atoms with Gasteiger partial charge in [-0.25, -0.2) is 0 Å². The van der Waals surface area contributed by atoms with Crippen molar-refractivity contribution in [2.24, 2.45) is 0 Å². The third-order valence-electron chi connectivity index (χ3n) is 2.18. The second-order valence-corrected chi connectivity index (χ2v) is 5.48. The van der Waals surface area contributed by atoms with Gasteiger partial charge in [-0.3, -0.25) is 4.79 Å². The van der Waals surface area contributed by atoms with E-state index in [-0.39, 0.29) is 24.7 Å². The Labute approximate surface area is 113 Å². The van der Waals surface area contributed by atoms with Crippen molar-refractivity contribution in [3.63, 3.8) is 0 Å². The van der Waals surface area contributed by atoms with Crippen LogP contribution in [0.25, 0.3) is 0 Å². The molecule has 0 amide bonds. The lowest BCUT2D eigenvalue weighted by Crippen LogP contribution is -2.42. The summed E-state index contributed by atoms with van der Waals surface area (Å²) >= 11 is 1.52. The minimum atomic E-state index is -0.686. The summed E-state index contributed by atoms with van der Waals surface area (Å²) in [5.74, 6) is 0.989. The number of ether oxygens (including phenoxy) is 1. The lowest BCUT2D eigenvalue weighted by molar-refractivity contribution is -0.145. The van der Waals surface area contributed by atoms with E-state index in [1.54, 1.807) is 6.92 Å². The van der Waals surface area contributed by atoms with Gasteiger partial charge in [-0.15, -0.1) is 0 Å². The Morgan fingerprint density at radius 2 is 2.11 bits per heavy atom. The molecule has 108 valence electrons. The van der Waals surface area contributed by atoms with Crippen molar-refractivity contribution in [1.82, 2.24) is 5.32 Å². The monoisotopic (exact) mass is 279 g/mol. The highest BCUT2D eigenvalue weighted by molar-refractivity contribution is 7.99. The molecular weight excluding hydrogens is 254 g/mol. The van der Waals surface area contributed by atoms with Crippen molar-refractivity contribution in [3.05, 3.63) is 0 Å². The molecular formula is C12H25NO4S. The largest absolute Gasteiger partial charge is 0.465 e. The molecule has 0 aliphatic rings. The van der Waals surface area contributed by atoms with Gasteiger partial charge in [0.25, 0.3) is 0 Å². The molecule has 0 bridgehead atoms. The number of hydrogen-bond acceptors (Lipinski definition) is 6. The van der Waals surface area contributed by atoms with Crippen LogP contribution in [0.1, 0.15) is 27.2 Å².